The van der Waals surface area contributed by atoms with E-state index in [0.29, 0.717) is 23.2 Å². The van der Waals surface area contributed by atoms with Crippen LogP contribution in [0.5, 0.6) is 0 Å². The first-order valence-corrected chi connectivity index (χ1v) is 5.46. The minimum atomic E-state index is -0.358. The number of H-pyrrole nitrogens is 1. The van der Waals surface area contributed by atoms with Gasteiger partial charge in [0.15, 0.2) is 0 Å². The average molecular weight is 232 g/mol. The smallest absolute Gasteiger partial charge is 0.254 e. The van der Waals surface area contributed by atoms with E-state index in [1.165, 1.54) is 12.4 Å². The molecular formula is C13H13FN2O. The Hall–Kier alpha value is -1.97. The lowest BCUT2D eigenvalue weighted by Crippen LogP contribution is -2.14. The van der Waals surface area contributed by atoms with Crippen molar-refractivity contribution in [3.05, 3.63) is 51.8 Å². The van der Waals surface area contributed by atoms with Gasteiger partial charge in [-0.3, -0.25) is 4.79 Å². The maximum atomic E-state index is 13.8. The molecule has 1 aromatic carbocycles. The van der Waals surface area contributed by atoms with Gasteiger partial charge in [0.1, 0.15) is 5.82 Å². The minimum absolute atomic E-state index is 0.210. The van der Waals surface area contributed by atoms with E-state index in [4.69, 9.17) is 0 Å². The van der Waals surface area contributed by atoms with Gasteiger partial charge in [0.05, 0.1) is 12.0 Å². The SMILES string of the molecule is CCc1c(-c2cc(C)ccc2F)nc[nH]c1=O. The second-order valence-corrected chi connectivity index (χ2v) is 3.90. The van der Waals surface area contributed by atoms with E-state index in [1.54, 1.807) is 12.1 Å². The van der Waals surface area contributed by atoms with E-state index in [1.807, 2.05) is 13.8 Å². The number of nitrogens with one attached hydrogen (secondary N) is 1. The van der Waals surface area contributed by atoms with E-state index in [0.717, 1.165) is 5.56 Å². The lowest BCUT2D eigenvalue weighted by Gasteiger charge is -2.07. The molecule has 0 saturated heterocycles. The van der Waals surface area contributed by atoms with Crippen LogP contribution in [0.2, 0.25) is 0 Å². The predicted molar refractivity (Wildman–Crippen MR) is 64.4 cm³/mol. The van der Waals surface area contributed by atoms with Crippen LogP contribution >= 0.6 is 0 Å². The monoisotopic (exact) mass is 232 g/mol. The zero-order valence-electron chi connectivity index (χ0n) is 9.75. The molecule has 0 spiro atoms. The molecule has 3 nitrogen and oxygen atoms in total. The minimum Gasteiger partial charge on any atom is -0.313 e. The lowest BCUT2D eigenvalue weighted by molar-refractivity contribution is 0.630. The molecular weight excluding hydrogens is 219 g/mol. The first kappa shape index (κ1) is 11.5. The Morgan fingerprint density at radius 2 is 2.18 bits per heavy atom. The second-order valence-electron chi connectivity index (χ2n) is 3.90. The molecule has 0 aliphatic carbocycles. The molecule has 0 amide bonds. The highest BCUT2D eigenvalue weighted by Crippen LogP contribution is 2.23. The first-order valence-electron chi connectivity index (χ1n) is 5.46. The third-order valence-electron chi connectivity index (χ3n) is 2.68. The van der Waals surface area contributed by atoms with Crippen molar-refractivity contribution in [2.24, 2.45) is 0 Å². The van der Waals surface area contributed by atoms with Crippen LogP contribution in [0.3, 0.4) is 0 Å². The number of rotatable bonds is 2. The van der Waals surface area contributed by atoms with Gasteiger partial charge in [-0.05, 0) is 25.5 Å². The Morgan fingerprint density at radius 1 is 1.41 bits per heavy atom. The van der Waals surface area contributed by atoms with Crippen molar-refractivity contribution in [3.63, 3.8) is 0 Å². The van der Waals surface area contributed by atoms with Crippen molar-refractivity contribution < 1.29 is 4.39 Å². The zero-order chi connectivity index (χ0) is 12.4. The fourth-order valence-electron chi connectivity index (χ4n) is 1.81. The number of benzene rings is 1. The Morgan fingerprint density at radius 3 is 2.88 bits per heavy atom. The number of hydrogen-bond donors (Lipinski definition) is 1. The van der Waals surface area contributed by atoms with Crippen molar-refractivity contribution in [1.29, 1.82) is 0 Å². The van der Waals surface area contributed by atoms with Crippen LogP contribution in [0.1, 0.15) is 18.1 Å². The van der Waals surface area contributed by atoms with Crippen LogP contribution in [-0.4, -0.2) is 9.97 Å². The number of hydrogen-bond acceptors (Lipinski definition) is 2. The van der Waals surface area contributed by atoms with E-state index >= 15 is 0 Å². The molecule has 2 aromatic rings. The normalized spacial score (nSPS) is 10.5. The molecule has 0 aliphatic rings. The molecule has 1 aromatic heterocycles. The van der Waals surface area contributed by atoms with Gasteiger partial charge in [-0.2, -0.15) is 0 Å². The van der Waals surface area contributed by atoms with Crippen LogP contribution in [0, 0.1) is 12.7 Å². The third kappa shape index (κ3) is 2.11. The zero-order valence-corrected chi connectivity index (χ0v) is 9.75. The van der Waals surface area contributed by atoms with Gasteiger partial charge in [0.2, 0.25) is 0 Å². The number of aryl methyl sites for hydroxylation is 1. The van der Waals surface area contributed by atoms with Crippen LogP contribution in [0.4, 0.5) is 4.39 Å². The molecule has 4 heteroatoms. The maximum Gasteiger partial charge on any atom is 0.254 e. The van der Waals surface area contributed by atoms with Gasteiger partial charge >= 0.3 is 0 Å². The number of nitrogens with zero attached hydrogens (tertiary/aromatic N) is 1. The summed E-state index contributed by atoms with van der Waals surface area (Å²) in [7, 11) is 0. The molecule has 1 heterocycles. The van der Waals surface area contributed by atoms with Gasteiger partial charge in [0.25, 0.3) is 5.56 Å². The molecule has 0 atom stereocenters. The van der Waals surface area contributed by atoms with Crippen molar-refractivity contribution in [3.8, 4) is 11.3 Å². The highest BCUT2D eigenvalue weighted by molar-refractivity contribution is 5.64. The highest BCUT2D eigenvalue weighted by atomic mass is 19.1. The average Bonchev–Trinajstić information content (AvgIpc) is 2.32. The van der Waals surface area contributed by atoms with Crippen molar-refractivity contribution >= 4 is 0 Å². The summed E-state index contributed by atoms with van der Waals surface area (Å²) in [5.74, 6) is -0.358. The van der Waals surface area contributed by atoms with Gasteiger partial charge in [-0.1, -0.05) is 18.6 Å². The van der Waals surface area contributed by atoms with Crippen LogP contribution < -0.4 is 5.56 Å². The number of halogens is 1. The summed E-state index contributed by atoms with van der Waals surface area (Å²) in [6.45, 7) is 3.73. The van der Waals surface area contributed by atoms with Gasteiger partial charge < -0.3 is 4.98 Å². The largest absolute Gasteiger partial charge is 0.313 e. The van der Waals surface area contributed by atoms with Gasteiger partial charge in [-0.15, -0.1) is 0 Å². The van der Waals surface area contributed by atoms with Crippen LogP contribution in [-0.2, 0) is 6.42 Å². The van der Waals surface area contributed by atoms with Gasteiger partial charge in [0, 0.05) is 11.1 Å². The summed E-state index contributed by atoms with van der Waals surface area (Å²) in [4.78, 5) is 18.2. The van der Waals surface area contributed by atoms with E-state index < -0.39 is 0 Å². The first-order chi connectivity index (χ1) is 8.13. The van der Waals surface area contributed by atoms with Crippen LogP contribution in [0.25, 0.3) is 11.3 Å². The van der Waals surface area contributed by atoms with Crippen molar-refractivity contribution in [2.45, 2.75) is 20.3 Å². The topological polar surface area (TPSA) is 45.8 Å². The number of aromatic amines is 1. The summed E-state index contributed by atoms with van der Waals surface area (Å²) < 4.78 is 13.8. The van der Waals surface area contributed by atoms with Crippen molar-refractivity contribution in [1.82, 2.24) is 9.97 Å². The number of aromatic nitrogens is 2. The highest BCUT2D eigenvalue weighted by Gasteiger charge is 2.13. The summed E-state index contributed by atoms with van der Waals surface area (Å²) >= 11 is 0. The van der Waals surface area contributed by atoms with E-state index in [2.05, 4.69) is 9.97 Å². The molecule has 0 unspecified atom stereocenters. The third-order valence-corrected chi connectivity index (χ3v) is 2.68. The molecule has 88 valence electrons. The summed E-state index contributed by atoms with van der Waals surface area (Å²) in [5, 5.41) is 0. The molecule has 17 heavy (non-hydrogen) atoms. The predicted octanol–water partition coefficient (Wildman–Crippen LogP) is 2.45. The molecule has 0 bridgehead atoms. The molecule has 0 radical (unpaired) electrons. The Labute approximate surface area is 98.3 Å². The summed E-state index contributed by atoms with van der Waals surface area (Å²) in [6, 6.07) is 4.79. The van der Waals surface area contributed by atoms with Crippen LogP contribution in [0.15, 0.2) is 29.3 Å². The molecule has 2 rings (SSSR count). The molecule has 1 N–H and O–H groups in total. The lowest BCUT2D eigenvalue weighted by atomic mass is 10.0. The Balaban J connectivity index is 2.72. The van der Waals surface area contributed by atoms with E-state index in [9.17, 15) is 9.18 Å². The quantitative estimate of drug-likeness (QED) is 0.864. The molecule has 0 fully saturated rings. The molecule has 0 saturated carbocycles. The maximum absolute atomic E-state index is 13.8. The van der Waals surface area contributed by atoms with Crippen molar-refractivity contribution in [2.75, 3.05) is 0 Å². The summed E-state index contributed by atoms with van der Waals surface area (Å²) in [6.07, 6.45) is 1.82. The second kappa shape index (κ2) is 4.49. The van der Waals surface area contributed by atoms with E-state index in [-0.39, 0.29) is 11.4 Å². The Bertz CT molecular complexity index is 605. The Kier molecular flexibility index (Phi) is 3.04. The van der Waals surface area contributed by atoms with Gasteiger partial charge in [-0.25, -0.2) is 9.37 Å². The summed E-state index contributed by atoms with van der Waals surface area (Å²) in [5.41, 5.74) is 2.05. The molecule has 0 aliphatic heterocycles. The standard InChI is InChI=1S/C13H13FN2O/c1-3-9-12(15-7-16-13(9)17)10-6-8(2)4-5-11(10)14/h4-7H,3H2,1-2H3,(H,15,16,17). The fourth-order valence-corrected chi connectivity index (χ4v) is 1.81. The fraction of sp³-hybridized carbons (Fsp3) is 0.231.